The van der Waals surface area contributed by atoms with Crippen molar-refractivity contribution in [1.82, 2.24) is 19.7 Å². The lowest BCUT2D eigenvalue weighted by Gasteiger charge is -2.19. The molecule has 30 heavy (non-hydrogen) atoms. The van der Waals surface area contributed by atoms with Gasteiger partial charge in [0.2, 0.25) is 5.91 Å². The zero-order valence-corrected chi connectivity index (χ0v) is 17.8. The number of carbonyl (C=O) groups excluding carboxylic acids is 2. The largest absolute Gasteiger partial charge is 0.332 e. The highest BCUT2D eigenvalue weighted by Gasteiger charge is 2.24. The lowest BCUT2D eigenvalue weighted by atomic mass is 10.0. The molecule has 0 atom stereocenters. The Morgan fingerprint density at radius 1 is 1.13 bits per heavy atom. The number of aromatic nitrogens is 3. The molecule has 3 aromatic rings. The van der Waals surface area contributed by atoms with Gasteiger partial charge in [0.25, 0.3) is 5.91 Å². The van der Waals surface area contributed by atoms with Crippen molar-refractivity contribution in [1.29, 1.82) is 0 Å². The summed E-state index contributed by atoms with van der Waals surface area (Å²) in [6.07, 6.45) is 4.05. The summed E-state index contributed by atoms with van der Waals surface area (Å²) in [6.45, 7) is 5.99. The third-order valence-corrected chi connectivity index (χ3v) is 4.85. The fourth-order valence-electron chi connectivity index (χ4n) is 3.37. The van der Waals surface area contributed by atoms with E-state index in [0.717, 1.165) is 23.4 Å². The zero-order chi connectivity index (χ0) is 21.7. The van der Waals surface area contributed by atoms with Gasteiger partial charge in [0.1, 0.15) is 0 Å². The molecule has 7 heteroatoms. The van der Waals surface area contributed by atoms with Gasteiger partial charge in [-0.3, -0.25) is 9.59 Å². The first-order valence-corrected chi connectivity index (χ1v) is 10.0. The standard InChI is InChI=1S/C23H27N5O2/c1-5-17-10-6-7-11-19(17)26-21(29)15-27(4)23(30)18-14-25-28(22(18)16(2)3)20-12-8-9-13-24-20/h6-14,16H,5,15H2,1-4H3,(H,26,29). The molecule has 0 fully saturated rings. The number of nitrogens with zero attached hydrogens (tertiary/aromatic N) is 4. The van der Waals surface area contributed by atoms with E-state index >= 15 is 0 Å². The SMILES string of the molecule is CCc1ccccc1NC(=O)CN(C)C(=O)c1cnn(-c2ccccn2)c1C(C)C. The second-order valence-electron chi connectivity index (χ2n) is 7.42. The van der Waals surface area contributed by atoms with Gasteiger partial charge in [-0.2, -0.15) is 5.10 Å². The number of hydrogen-bond donors (Lipinski definition) is 1. The average molecular weight is 406 g/mol. The number of carbonyl (C=O) groups is 2. The van der Waals surface area contributed by atoms with Crippen molar-refractivity contribution in [3.05, 3.63) is 71.7 Å². The molecule has 0 unspecified atom stereocenters. The van der Waals surface area contributed by atoms with Crippen LogP contribution in [-0.4, -0.2) is 45.1 Å². The van der Waals surface area contributed by atoms with E-state index in [2.05, 4.69) is 15.4 Å². The smallest absolute Gasteiger partial charge is 0.257 e. The number of nitrogens with one attached hydrogen (secondary N) is 1. The molecule has 2 heterocycles. The molecule has 7 nitrogen and oxygen atoms in total. The highest BCUT2D eigenvalue weighted by Crippen LogP contribution is 2.23. The molecule has 0 aliphatic rings. The van der Waals surface area contributed by atoms with Gasteiger partial charge in [0.15, 0.2) is 5.82 Å². The predicted octanol–water partition coefficient (Wildman–Crippen LogP) is 3.66. The van der Waals surface area contributed by atoms with Gasteiger partial charge < -0.3 is 10.2 Å². The van der Waals surface area contributed by atoms with Gasteiger partial charge in [0, 0.05) is 18.9 Å². The fraction of sp³-hybridized carbons (Fsp3) is 0.304. The minimum absolute atomic E-state index is 0.0483. The van der Waals surface area contributed by atoms with E-state index in [1.165, 1.54) is 4.90 Å². The number of rotatable bonds is 7. The number of benzene rings is 1. The van der Waals surface area contributed by atoms with Gasteiger partial charge in [-0.15, -0.1) is 0 Å². The van der Waals surface area contributed by atoms with E-state index in [4.69, 9.17) is 0 Å². The van der Waals surface area contributed by atoms with Crippen molar-refractivity contribution in [2.75, 3.05) is 18.9 Å². The molecule has 0 saturated carbocycles. The minimum Gasteiger partial charge on any atom is -0.332 e. The normalized spacial score (nSPS) is 10.8. The first kappa shape index (κ1) is 21.2. The van der Waals surface area contributed by atoms with Crippen LogP contribution < -0.4 is 5.32 Å². The Morgan fingerprint density at radius 2 is 1.87 bits per heavy atom. The molecule has 1 N–H and O–H groups in total. The second-order valence-corrected chi connectivity index (χ2v) is 7.42. The molecule has 0 saturated heterocycles. The van der Waals surface area contributed by atoms with Crippen molar-refractivity contribution in [2.45, 2.75) is 33.1 Å². The van der Waals surface area contributed by atoms with Gasteiger partial charge >= 0.3 is 0 Å². The molecule has 1 aromatic carbocycles. The van der Waals surface area contributed by atoms with Crippen LogP contribution >= 0.6 is 0 Å². The number of amides is 2. The van der Waals surface area contributed by atoms with Gasteiger partial charge in [-0.25, -0.2) is 9.67 Å². The van der Waals surface area contributed by atoms with E-state index in [1.54, 1.807) is 24.1 Å². The number of likely N-dealkylation sites (N-methyl/N-ethyl adjacent to an activating group) is 1. The molecule has 2 amide bonds. The van der Waals surface area contributed by atoms with Crippen LogP contribution in [0.3, 0.4) is 0 Å². The number of anilines is 1. The summed E-state index contributed by atoms with van der Waals surface area (Å²) in [4.78, 5) is 31.4. The molecular weight excluding hydrogens is 378 g/mol. The fourth-order valence-corrected chi connectivity index (χ4v) is 3.37. The maximum absolute atomic E-state index is 13.1. The van der Waals surface area contributed by atoms with Gasteiger partial charge in [-0.1, -0.05) is 45.0 Å². The van der Waals surface area contributed by atoms with Crippen LogP contribution in [0.1, 0.15) is 48.3 Å². The lowest BCUT2D eigenvalue weighted by Crippen LogP contribution is -2.35. The summed E-state index contributed by atoms with van der Waals surface area (Å²) in [5.74, 6) is 0.207. The number of hydrogen-bond acceptors (Lipinski definition) is 4. The van der Waals surface area contributed by atoms with E-state index in [1.807, 2.05) is 63.2 Å². The third-order valence-electron chi connectivity index (χ3n) is 4.85. The monoisotopic (exact) mass is 405 g/mol. The summed E-state index contributed by atoms with van der Waals surface area (Å²) in [5.41, 5.74) is 3.07. The number of pyridine rings is 1. The molecule has 2 aromatic heterocycles. The van der Waals surface area contributed by atoms with Crippen molar-refractivity contribution in [2.24, 2.45) is 0 Å². The molecule has 156 valence electrons. The summed E-state index contributed by atoms with van der Waals surface area (Å²) in [6, 6.07) is 13.2. The predicted molar refractivity (Wildman–Crippen MR) is 117 cm³/mol. The van der Waals surface area contributed by atoms with Crippen LogP contribution in [0.2, 0.25) is 0 Å². The molecule has 0 radical (unpaired) electrons. The van der Waals surface area contributed by atoms with Crippen LogP contribution in [0.15, 0.2) is 54.9 Å². The average Bonchev–Trinajstić information content (AvgIpc) is 3.19. The van der Waals surface area contributed by atoms with Crippen molar-refractivity contribution < 1.29 is 9.59 Å². The van der Waals surface area contributed by atoms with Crippen LogP contribution in [0.4, 0.5) is 5.69 Å². The van der Waals surface area contributed by atoms with Gasteiger partial charge in [0.05, 0.1) is 24.0 Å². The summed E-state index contributed by atoms with van der Waals surface area (Å²) in [7, 11) is 1.62. The highest BCUT2D eigenvalue weighted by molar-refractivity contribution is 6.00. The third kappa shape index (κ3) is 4.56. The Bertz CT molecular complexity index is 1030. The number of para-hydroxylation sites is 1. The molecule has 0 bridgehead atoms. The number of aryl methyl sites for hydroxylation is 1. The highest BCUT2D eigenvalue weighted by atomic mass is 16.2. The van der Waals surface area contributed by atoms with Crippen LogP contribution in [-0.2, 0) is 11.2 Å². The van der Waals surface area contributed by atoms with Crippen LogP contribution in [0.25, 0.3) is 5.82 Å². The Labute approximate surface area is 176 Å². The summed E-state index contributed by atoms with van der Waals surface area (Å²) >= 11 is 0. The zero-order valence-electron chi connectivity index (χ0n) is 17.8. The van der Waals surface area contributed by atoms with E-state index < -0.39 is 0 Å². The topological polar surface area (TPSA) is 80.1 Å². The Hall–Kier alpha value is -3.48. The van der Waals surface area contributed by atoms with E-state index in [9.17, 15) is 9.59 Å². The first-order valence-electron chi connectivity index (χ1n) is 10.0. The molecule has 0 aliphatic carbocycles. The second kappa shape index (κ2) is 9.35. The molecular formula is C23H27N5O2. The van der Waals surface area contributed by atoms with Crippen LogP contribution in [0.5, 0.6) is 0 Å². The van der Waals surface area contributed by atoms with Crippen molar-refractivity contribution in [3.63, 3.8) is 0 Å². The van der Waals surface area contributed by atoms with Gasteiger partial charge in [-0.05, 0) is 36.1 Å². The lowest BCUT2D eigenvalue weighted by molar-refractivity contribution is -0.116. The van der Waals surface area contributed by atoms with E-state index in [-0.39, 0.29) is 24.3 Å². The van der Waals surface area contributed by atoms with Crippen LogP contribution in [0, 0.1) is 0 Å². The Kier molecular flexibility index (Phi) is 6.61. The maximum atomic E-state index is 13.1. The Balaban J connectivity index is 1.77. The van der Waals surface area contributed by atoms with E-state index in [0.29, 0.717) is 11.4 Å². The maximum Gasteiger partial charge on any atom is 0.257 e. The summed E-state index contributed by atoms with van der Waals surface area (Å²) in [5, 5.41) is 7.29. The summed E-state index contributed by atoms with van der Waals surface area (Å²) < 4.78 is 1.68. The molecule has 3 rings (SSSR count). The molecule has 0 spiro atoms. The molecule has 0 aliphatic heterocycles. The van der Waals surface area contributed by atoms with Crippen molar-refractivity contribution >= 4 is 17.5 Å². The first-order chi connectivity index (χ1) is 14.4. The quantitative estimate of drug-likeness (QED) is 0.650. The Morgan fingerprint density at radius 3 is 2.53 bits per heavy atom. The minimum atomic E-state index is -0.250. The van der Waals surface area contributed by atoms with Crippen molar-refractivity contribution in [3.8, 4) is 5.82 Å².